The van der Waals surface area contributed by atoms with Crippen LogP contribution in [-0.2, 0) is 0 Å². The molecule has 0 spiro atoms. The highest BCUT2D eigenvalue weighted by Crippen LogP contribution is 2.09. The smallest absolute Gasteiger partial charge is 0.267 e. The number of nitrogens with one attached hydrogen (secondary N) is 1. The molecule has 1 aromatic heterocycles. The minimum absolute atomic E-state index is 0. The van der Waals surface area contributed by atoms with E-state index in [1.807, 2.05) is 44.2 Å². The molecule has 80 valence electrons. The minimum atomic E-state index is -0.0219. The first kappa shape index (κ1) is 11.6. The van der Waals surface area contributed by atoms with Crippen LogP contribution >= 0.6 is 12.4 Å². The molecule has 0 saturated heterocycles. The molecule has 1 heterocycles. The van der Waals surface area contributed by atoms with E-state index in [1.165, 1.54) is 0 Å². The number of aromatic amines is 1. The van der Waals surface area contributed by atoms with Crippen LogP contribution in [-0.4, -0.2) is 9.78 Å². The van der Waals surface area contributed by atoms with Crippen LogP contribution < -0.4 is 5.56 Å². The Labute approximate surface area is 94.1 Å². The van der Waals surface area contributed by atoms with Crippen molar-refractivity contribution in [2.45, 2.75) is 13.8 Å². The molecule has 0 aliphatic rings. The van der Waals surface area contributed by atoms with Crippen LogP contribution in [0.2, 0.25) is 0 Å². The largest absolute Gasteiger partial charge is 0.268 e. The second kappa shape index (κ2) is 4.36. The van der Waals surface area contributed by atoms with Gasteiger partial charge in [0.25, 0.3) is 5.56 Å². The van der Waals surface area contributed by atoms with Gasteiger partial charge in [-0.15, -0.1) is 12.4 Å². The highest BCUT2D eigenvalue weighted by atomic mass is 35.5. The summed E-state index contributed by atoms with van der Waals surface area (Å²) in [4.78, 5) is 11.4. The van der Waals surface area contributed by atoms with Gasteiger partial charge < -0.3 is 0 Å². The molecule has 1 aromatic carbocycles. The summed E-state index contributed by atoms with van der Waals surface area (Å²) < 4.78 is 1.80. The fraction of sp³-hybridized carbons (Fsp3) is 0.182. The molecule has 3 nitrogen and oxygen atoms in total. The Hall–Kier alpha value is -1.48. The summed E-state index contributed by atoms with van der Waals surface area (Å²) in [5, 5.41) is 2.79. The van der Waals surface area contributed by atoms with Crippen LogP contribution in [0.15, 0.2) is 35.1 Å². The van der Waals surface area contributed by atoms with Crippen molar-refractivity contribution in [3.8, 4) is 5.69 Å². The van der Waals surface area contributed by atoms with E-state index in [0.29, 0.717) is 0 Å². The van der Waals surface area contributed by atoms with Gasteiger partial charge in [-0.05, 0) is 26.0 Å². The third-order valence-electron chi connectivity index (χ3n) is 2.45. The third kappa shape index (κ3) is 1.97. The fourth-order valence-electron chi connectivity index (χ4n) is 1.44. The van der Waals surface area contributed by atoms with Crippen molar-refractivity contribution >= 4 is 12.4 Å². The number of nitrogens with zero attached hydrogens (tertiary/aromatic N) is 1. The van der Waals surface area contributed by atoms with Crippen molar-refractivity contribution in [2.75, 3.05) is 0 Å². The van der Waals surface area contributed by atoms with Crippen LogP contribution in [0.5, 0.6) is 0 Å². The lowest BCUT2D eigenvalue weighted by molar-refractivity contribution is 0.834. The van der Waals surface area contributed by atoms with Crippen molar-refractivity contribution in [3.63, 3.8) is 0 Å². The third-order valence-corrected chi connectivity index (χ3v) is 2.45. The summed E-state index contributed by atoms with van der Waals surface area (Å²) in [7, 11) is 0. The summed E-state index contributed by atoms with van der Waals surface area (Å²) >= 11 is 0. The van der Waals surface area contributed by atoms with Crippen molar-refractivity contribution in [3.05, 3.63) is 51.9 Å². The number of hydrogen-bond donors (Lipinski definition) is 1. The Kier molecular flexibility index (Phi) is 3.37. The van der Waals surface area contributed by atoms with Gasteiger partial charge in [0.05, 0.1) is 5.69 Å². The van der Waals surface area contributed by atoms with Gasteiger partial charge in [-0.1, -0.05) is 18.2 Å². The van der Waals surface area contributed by atoms with Gasteiger partial charge in [0, 0.05) is 11.3 Å². The Morgan fingerprint density at radius 1 is 1.13 bits per heavy atom. The van der Waals surface area contributed by atoms with Crippen LogP contribution in [0.4, 0.5) is 0 Å². The number of para-hydroxylation sites is 1. The van der Waals surface area contributed by atoms with Crippen molar-refractivity contribution < 1.29 is 0 Å². The Bertz CT molecular complexity index is 499. The molecule has 4 heteroatoms. The summed E-state index contributed by atoms with van der Waals surface area (Å²) in [6, 6.07) is 9.77. The Balaban J connectivity index is 0.00000112. The SMILES string of the molecule is Cc1c(C)n(-c2ccccc2)[nH]c1=O.Cl. The number of H-pyrrole nitrogens is 1. The van der Waals surface area contributed by atoms with Gasteiger partial charge in [-0.3, -0.25) is 14.6 Å². The lowest BCUT2D eigenvalue weighted by Gasteiger charge is -2.04. The average Bonchev–Trinajstić information content (AvgIpc) is 2.47. The molecule has 0 amide bonds. The molecule has 0 atom stereocenters. The molecule has 0 saturated carbocycles. The normalized spacial score (nSPS) is 9.73. The molecular weight excluding hydrogens is 212 g/mol. The molecule has 0 aliphatic heterocycles. The minimum Gasteiger partial charge on any atom is -0.268 e. The zero-order valence-corrected chi connectivity index (χ0v) is 9.47. The Morgan fingerprint density at radius 2 is 1.73 bits per heavy atom. The molecule has 0 bridgehead atoms. The first-order valence-corrected chi connectivity index (χ1v) is 4.54. The second-order valence-electron chi connectivity index (χ2n) is 3.32. The summed E-state index contributed by atoms with van der Waals surface area (Å²) in [5.41, 5.74) is 2.69. The molecular formula is C11H13ClN2O. The predicted molar refractivity (Wildman–Crippen MR) is 63.1 cm³/mol. The van der Waals surface area contributed by atoms with Crippen molar-refractivity contribution in [1.82, 2.24) is 9.78 Å². The van der Waals surface area contributed by atoms with Gasteiger partial charge in [-0.2, -0.15) is 0 Å². The van der Waals surface area contributed by atoms with Crippen LogP contribution in [0.3, 0.4) is 0 Å². The molecule has 0 aliphatic carbocycles. The van der Waals surface area contributed by atoms with Crippen molar-refractivity contribution in [1.29, 1.82) is 0 Å². The quantitative estimate of drug-likeness (QED) is 0.793. The lowest BCUT2D eigenvalue weighted by Crippen LogP contribution is -2.04. The first-order valence-electron chi connectivity index (χ1n) is 4.54. The van der Waals surface area contributed by atoms with Gasteiger partial charge >= 0.3 is 0 Å². The number of hydrogen-bond acceptors (Lipinski definition) is 1. The van der Waals surface area contributed by atoms with Gasteiger partial charge in [0.2, 0.25) is 0 Å². The maximum Gasteiger partial charge on any atom is 0.267 e. The highest BCUT2D eigenvalue weighted by molar-refractivity contribution is 5.85. The van der Waals surface area contributed by atoms with E-state index in [-0.39, 0.29) is 18.0 Å². The number of halogens is 1. The van der Waals surface area contributed by atoms with E-state index in [9.17, 15) is 4.79 Å². The maximum atomic E-state index is 11.4. The molecule has 0 radical (unpaired) electrons. The lowest BCUT2D eigenvalue weighted by atomic mass is 10.3. The molecule has 0 unspecified atom stereocenters. The molecule has 0 fully saturated rings. The number of rotatable bonds is 1. The molecule has 1 N–H and O–H groups in total. The van der Waals surface area contributed by atoms with E-state index in [0.717, 1.165) is 16.9 Å². The van der Waals surface area contributed by atoms with Gasteiger partial charge in [0.1, 0.15) is 0 Å². The second-order valence-corrected chi connectivity index (χ2v) is 3.32. The zero-order valence-electron chi connectivity index (χ0n) is 8.65. The highest BCUT2D eigenvalue weighted by Gasteiger charge is 2.06. The van der Waals surface area contributed by atoms with Crippen molar-refractivity contribution in [2.24, 2.45) is 0 Å². The molecule has 2 rings (SSSR count). The van der Waals surface area contributed by atoms with Crippen LogP contribution in [0.25, 0.3) is 5.69 Å². The zero-order chi connectivity index (χ0) is 10.1. The van der Waals surface area contributed by atoms with E-state index in [4.69, 9.17) is 0 Å². The summed E-state index contributed by atoms with van der Waals surface area (Å²) in [6.07, 6.45) is 0. The van der Waals surface area contributed by atoms with Crippen LogP contribution in [0.1, 0.15) is 11.3 Å². The van der Waals surface area contributed by atoms with Gasteiger partial charge in [0.15, 0.2) is 0 Å². The summed E-state index contributed by atoms with van der Waals surface area (Å²) in [5.74, 6) is 0. The first-order chi connectivity index (χ1) is 6.70. The van der Waals surface area contributed by atoms with E-state index in [2.05, 4.69) is 5.10 Å². The summed E-state index contributed by atoms with van der Waals surface area (Å²) in [6.45, 7) is 3.76. The maximum absolute atomic E-state index is 11.4. The Morgan fingerprint density at radius 3 is 2.20 bits per heavy atom. The standard InChI is InChI=1S/C11H12N2O.ClH/c1-8-9(2)13(12-11(8)14)10-6-4-3-5-7-10;/h3-7H,1-2H3,(H,12,14);1H. The van der Waals surface area contributed by atoms with Crippen LogP contribution in [0, 0.1) is 13.8 Å². The fourth-order valence-corrected chi connectivity index (χ4v) is 1.44. The monoisotopic (exact) mass is 224 g/mol. The molecule has 2 aromatic rings. The predicted octanol–water partition coefficient (Wildman–Crippen LogP) is 2.20. The van der Waals surface area contributed by atoms with E-state index in [1.54, 1.807) is 4.68 Å². The topological polar surface area (TPSA) is 37.8 Å². The van der Waals surface area contributed by atoms with Gasteiger partial charge in [-0.25, -0.2) is 0 Å². The van der Waals surface area contributed by atoms with E-state index >= 15 is 0 Å². The van der Waals surface area contributed by atoms with E-state index < -0.39 is 0 Å². The number of benzene rings is 1. The molecule has 15 heavy (non-hydrogen) atoms. The number of aromatic nitrogens is 2. The average molecular weight is 225 g/mol.